The standard InChI is InChI=1S/C28H33N5O2S/c1-4-9-23-27(28(35)32-31-23)24-18-25(21-10-7-8-11-22(21)30-24)36-20-14-12-19(13-15-20)29-26(34)16-17-33(5-2)6-3/h7-8,10-15,18,30H,4-6,9,16-17H2,1-3H3,(H,29,34)(H,32,35). The minimum Gasteiger partial charge on any atom is -0.354 e. The number of nitrogens with one attached hydrogen (secondary N) is 3. The molecule has 36 heavy (non-hydrogen) atoms. The zero-order valence-electron chi connectivity index (χ0n) is 21.1. The van der Waals surface area contributed by atoms with Crippen LogP contribution < -0.4 is 16.1 Å². The summed E-state index contributed by atoms with van der Waals surface area (Å²) < 4.78 is 0. The second-order valence-corrected chi connectivity index (χ2v) is 9.78. The molecule has 0 saturated carbocycles. The Balaban J connectivity index is 1.52. The molecule has 2 aromatic carbocycles. The summed E-state index contributed by atoms with van der Waals surface area (Å²) in [6, 6.07) is 16.0. The van der Waals surface area contributed by atoms with Gasteiger partial charge in [-0.2, -0.15) is 5.10 Å². The van der Waals surface area contributed by atoms with E-state index < -0.39 is 0 Å². The molecule has 0 bridgehead atoms. The Hall–Kier alpha value is -3.36. The lowest BCUT2D eigenvalue weighted by Crippen LogP contribution is -2.27. The van der Waals surface area contributed by atoms with E-state index in [1.165, 1.54) is 0 Å². The van der Waals surface area contributed by atoms with Crippen LogP contribution in [0.15, 0.2) is 75.9 Å². The first-order valence-corrected chi connectivity index (χ1v) is 13.3. The van der Waals surface area contributed by atoms with Crippen LogP contribution in [0.2, 0.25) is 0 Å². The Kier molecular flexibility index (Phi) is 8.61. The van der Waals surface area contributed by atoms with Gasteiger partial charge in [-0.15, -0.1) is 0 Å². The summed E-state index contributed by atoms with van der Waals surface area (Å²) in [5.41, 5.74) is 7.58. The molecule has 0 radical (unpaired) electrons. The molecule has 8 heteroatoms. The molecule has 4 rings (SSSR count). The fourth-order valence-electron chi connectivity index (χ4n) is 4.23. The Morgan fingerprint density at radius 2 is 1.81 bits per heavy atom. The maximum Gasteiger partial charge on any atom is 0.275 e. The van der Waals surface area contributed by atoms with E-state index in [1.807, 2.05) is 48.5 Å². The average Bonchev–Trinajstić information content (AvgIpc) is 3.25. The van der Waals surface area contributed by atoms with Crippen LogP contribution in [0.1, 0.15) is 45.6 Å². The van der Waals surface area contributed by atoms with Crippen molar-refractivity contribution in [1.82, 2.24) is 10.3 Å². The van der Waals surface area contributed by atoms with E-state index in [0.29, 0.717) is 12.0 Å². The molecule has 0 spiro atoms. The summed E-state index contributed by atoms with van der Waals surface area (Å²) in [5, 5.41) is 10.7. The zero-order chi connectivity index (χ0) is 25.5. The second kappa shape index (κ2) is 12.1. The summed E-state index contributed by atoms with van der Waals surface area (Å²) in [5.74, 6) is -0.157. The first kappa shape index (κ1) is 25.7. The van der Waals surface area contributed by atoms with Gasteiger partial charge in [-0.3, -0.25) is 9.59 Å². The van der Waals surface area contributed by atoms with Gasteiger partial charge in [0.25, 0.3) is 5.91 Å². The molecule has 0 unspecified atom stereocenters. The highest BCUT2D eigenvalue weighted by Gasteiger charge is 2.28. The maximum absolute atomic E-state index is 12.6. The van der Waals surface area contributed by atoms with Gasteiger partial charge in [-0.05, 0) is 55.9 Å². The van der Waals surface area contributed by atoms with Gasteiger partial charge in [-0.25, -0.2) is 5.43 Å². The van der Waals surface area contributed by atoms with Gasteiger partial charge in [0.1, 0.15) is 0 Å². The van der Waals surface area contributed by atoms with Crippen molar-refractivity contribution in [3.8, 4) is 0 Å². The number of hydrogen-bond donors (Lipinski definition) is 3. The molecular formula is C28H33N5O2S. The molecule has 0 atom stereocenters. The van der Waals surface area contributed by atoms with E-state index in [1.54, 1.807) is 11.8 Å². The van der Waals surface area contributed by atoms with Crippen molar-refractivity contribution in [2.75, 3.05) is 30.3 Å². The van der Waals surface area contributed by atoms with E-state index in [0.717, 1.165) is 70.6 Å². The van der Waals surface area contributed by atoms with Crippen molar-refractivity contribution in [3.05, 3.63) is 71.4 Å². The van der Waals surface area contributed by atoms with Gasteiger partial charge in [-0.1, -0.05) is 57.2 Å². The quantitative estimate of drug-likeness (QED) is 0.375. The molecule has 2 aliphatic rings. The third kappa shape index (κ3) is 6.06. The molecule has 3 N–H and O–H groups in total. The van der Waals surface area contributed by atoms with E-state index >= 15 is 0 Å². The van der Waals surface area contributed by atoms with Crippen molar-refractivity contribution in [2.45, 2.75) is 44.9 Å². The topological polar surface area (TPSA) is 85.8 Å². The SMILES string of the molecule is CCCC1=NNC(=O)C1=C1C=C(Sc2ccc(NC(=O)CCN(CC)CC)cc2)c2ccccc2N1. The monoisotopic (exact) mass is 503 g/mol. The second-order valence-electron chi connectivity index (χ2n) is 8.67. The highest BCUT2D eigenvalue weighted by atomic mass is 32.2. The molecule has 0 saturated heterocycles. The van der Waals surface area contributed by atoms with Gasteiger partial charge in [0.05, 0.1) is 17.0 Å². The number of para-hydroxylation sites is 1. The molecule has 0 aromatic heterocycles. The number of rotatable bonds is 10. The number of carbonyl (C=O) groups excluding carboxylic acids is 2. The Labute approximate surface area is 217 Å². The van der Waals surface area contributed by atoms with Crippen LogP contribution in [0.3, 0.4) is 0 Å². The Morgan fingerprint density at radius 3 is 2.53 bits per heavy atom. The molecule has 7 nitrogen and oxygen atoms in total. The number of hydrogen-bond acceptors (Lipinski definition) is 6. The summed E-state index contributed by atoms with van der Waals surface area (Å²) in [6.45, 7) is 8.93. The highest BCUT2D eigenvalue weighted by molar-refractivity contribution is 8.08. The van der Waals surface area contributed by atoms with Crippen LogP contribution >= 0.6 is 11.8 Å². The summed E-state index contributed by atoms with van der Waals surface area (Å²) in [6.07, 6.45) is 4.15. The predicted octanol–water partition coefficient (Wildman–Crippen LogP) is 5.46. The van der Waals surface area contributed by atoms with Crippen LogP contribution in [0, 0.1) is 0 Å². The van der Waals surface area contributed by atoms with Crippen molar-refractivity contribution in [3.63, 3.8) is 0 Å². The largest absolute Gasteiger partial charge is 0.354 e. The zero-order valence-corrected chi connectivity index (χ0v) is 21.9. The van der Waals surface area contributed by atoms with E-state index in [4.69, 9.17) is 0 Å². The number of fused-ring (bicyclic) bond motifs is 1. The van der Waals surface area contributed by atoms with Crippen LogP contribution in [0.25, 0.3) is 4.91 Å². The van der Waals surface area contributed by atoms with Crippen LogP contribution in [0.4, 0.5) is 11.4 Å². The third-order valence-electron chi connectivity index (χ3n) is 6.22. The fraction of sp³-hybridized carbons (Fsp3) is 0.321. The number of carbonyl (C=O) groups is 2. The van der Waals surface area contributed by atoms with E-state index in [-0.39, 0.29) is 11.8 Å². The molecule has 2 heterocycles. The highest BCUT2D eigenvalue weighted by Crippen LogP contribution is 2.42. The number of amides is 2. The van der Waals surface area contributed by atoms with Gasteiger partial charge in [0.2, 0.25) is 5.91 Å². The summed E-state index contributed by atoms with van der Waals surface area (Å²) in [4.78, 5) is 29.2. The molecule has 188 valence electrons. The normalized spacial score (nSPS) is 16.7. The van der Waals surface area contributed by atoms with Crippen LogP contribution in [-0.4, -0.2) is 42.1 Å². The van der Waals surface area contributed by atoms with Crippen molar-refractivity contribution in [2.24, 2.45) is 5.10 Å². The lowest BCUT2D eigenvalue weighted by atomic mass is 10.0. The molecule has 0 aliphatic carbocycles. The first-order chi connectivity index (χ1) is 17.5. The lowest BCUT2D eigenvalue weighted by Gasteiger charge is -2.22. The average molecular weight is 504 g/mol. The third-order valence-corrected chi connectivity index (χ3v) is 7.28. The molecular weight excluding hydrogens is 470 g/mol. The first-order valence-electron chi connectivity index (χ1n) is 12.5. The minimum absolute atomic E-state index is 0.0212. The smallest absolute Gasteiger partial charge is 0.275 e. The molecule has 2 aromatic rings. The summed E-state index contributed by atoms with van der Waals surface area (Å²) in [7, 11) is 0. The van der Waals surface area contributed by atoms with E-state index in [9.17, 15) is 9.59 Å². The number of thioether (sulfide) groups is 1. The van der Waals surface area contributed by atoms with Crippen molar-refractivity contribution < 1.29 is 9.59 Å². The fourth-order valence-corrected chi connectivity index (χ4v) is 5.22. The Bertz CT molecular complexity index is 1210. The number of anilines is 2. The van der Waals surface area contributed by atoms with Crippen LogP contribution in [-0.2, 0) is 9.59 Å². The van der Waals surface area contributed by atoms with Gasteiger partial charge < -0.3 is 15.5 Å². The number of nitrogens with zero attached hydrogens (tertiary/aromatic N) is 2. The number of allylic oxidation sites excluding steroid dienone is 1. The number of benzene rings is 2. The number of hydrazone groups is 1. The Morgan fingerprint density at radius 1 is 1.06 bits per heavy atom. The van der Waals surface area contributed by atoms with Gasteiger partial charge in [0.15, 0.2) is 0 Å². The van der Waals surface area contributed by atoms with Gasteiger partial charge in [0, 0.05) is 39.7 Å². The van der Waals surface area contributed by atoms with Gasteiger partial charge >= 0.3 is 0 Å². The van der Waals surface area contributed by atoms with Crippen molar-refractivity contribution >= 4 is 45.6 Å². The lowest BCUT2D eigenvalue weighted by molar-refractivity contribution is -0.117. The molecule has 0 fully saturated rings. The van der Waals surface area contributed by atoms with Crippen molar-refractivity contribution in [1.29, 1.82) is 0 Å². The summed E-state index contributed by atoms with van der Waals surface area (Å²) >= 11 is 1.63. The van der Waals surface area contributed by atoms with Crippen LogP contribution in [0.5, 0.6) is 0 Å². The predicted molar refractivity (Wildman–Crippen MR) is 149 cm³/mol. The minimum atomic E-state index is -0.179. The van der Waals surface area contributed by atoms with E-state index in [2.05, 4.69) is 52.9 Å². The molecule has 2 amide bonds. The maximum atomic E-state index is 12.6. The molecule has 2 aliphatic heterocycles.